The molecule has 3 heterocycles. The molecule has 31 heavy (non-hydrogen) atoms. The lowest BCUT2D eigenvalue weighted by Crippen LogP contribution is -2.33. The molecule has 1 unspecified atom stereocenters. The minimum absolute atomic E-state index is 0.0635. The van der Waals surface area contributed by atoms with Crippen LogP contribution < -0.4 is 9.47 Å². The number of amides is 1. The fourth-order valence-electron chi connectivity index (χ4n) is 3.69. The largest absolute Gasteiger partial charge is 0.497 e. The van der Waals surface area contributed by atoms with E-state index in [1.54, 1.807) is 43.4 Å². The first-order chi connectivity index (χ1) is 14.9. The van der Waals surface area contributed by atoms with Crippen LogP contribution in [0.2, 0.25) is 0 Å². The van der Waals surface area contributed by atoms with Crippen molar-refractivity contribution in [1.29, 1.82) is 0 Å². The van der Waals surface area contributed by atoms with Gasteiger partial charge in [0.15, 0.2) is 9.84 Å². The van der Waals surface area contributed by atoms with Crippen LogP contribution in [0.25, 0.3) is 11.3 Å². The number of hydrogen-bond acceptors (Lipinski definition) is 7. The average Bonchev–Trinajstić information content (AvgIpc) is 3.45. The number of aromatic nitrogens is 2. The molecule has 0 spiro atoms. The summed E-state index contributed by atoms with van der Waals surface area (Å²) in [6.07, 6.45) is 0.374. The quantitative estimate of drug-likeness (QED) is 0.626. The van der Waals surface area contributed by atoms with Gasteiger partial charge in [0.2, 0.25) is 0 Å². The van der Waals surface area contributed by atoms with Crippen molar-refractivity contribution in [3.63, 3.8) is 0 Å². The first kappa shape index (κ1) is 21.4. The number of carbonyl (C=O) groups excluding carboxylic acids is 1. The van der Waals surface area contributed by atoms with E-state index in [0.29, 0.717) is 41.4 Å². The molecule has 3 aromatic rings. The number of ether oxygens (including phenoxy) is 2. The highest BCUT2D eigenvalue weighted by atomic mass is 32.2. The molecule has 8 nitrogen and oxygen atoms in total. The lowest BCUT2D eigenvalue weighted by Gasteiger charge is -2.18. The van der Waals surface area contributed by atoms with Gasteiger partial charge in [0.1, 0.15) is 17.2 Å². The Kier molecular flexibility index (Phi) is 6.01. The van der Waals surface area contributed by atoms with Crippen molar-refractivity contribution in [3.05, 3.63) is 52.3 Å². The molecular formula is C21H23N3O5S2. The maximum atomic E-state index is 13.1. The molecule has 1 aliphatic rings. The Labute approximate surface area is 184 Å². The van der Waals surface area contributed by atoms with Crippen LogP contribution in [0, 0.1) is 0 Å². The monoisotopic (exact) mass is 461 g/mol. The van der Waals surface area contributed by atoms with Gasteiger partial charge in [-0.15, -0.1) is 11.3 Å². The number of hydrogen-bond donors (Lipinski definition) is 1. The predicted molar refractivity (Wildman–Crippen MR) is 118 cm³/mol. The fraction of sp³-hybridized carbons (Fsp3) is 0.333. The smallest absolute Gasteiger partial charge is 0.271 e. The van der Waals surface area contributed by atoms with Crippen LogP contribution in [0.4, 0.5) is 0 Å². The van der Waals surface area contributed by atoms with Gasteiger partial charge in [0.05, 0.1) is 30.9 Å². The number of methoxy groups -OCH3 is 2. The zero-order valence-electron chi connectivity index (χ0n) is 17.2. The van der Waals surface area contributed by atoms with E-state index in [0.717, 1.165) is 4.88 Å². The van der Waals surface area contributed by atoms with E-state index in [9.17, 15) is 13.2 Å². The molecule has 1 atom stereocenters. The third kappa shape index (κ3) is 4.31. The number of rotatable bonds is 5. The molecule has 2 aromatic heterocycles. The van der Waals surface area contributed by atoms with E-state index in [2.05, 4.69) is 10.2 Å². The highest BCUT2D eigenvalue weighted by Gasteiger charge is 2.34. The number of aromatic amines is 1. The molecule has 10 heteroatoms. The van der Waals surface area contributed by atoms with Gasteiger partial charge in [0, 0.05) is 23.5 Å². The molecule has 0 radical (unpaired) electrons. The van der Waals surface area contributed by atoms with Crippen molar-refractivity contribution in [1.82, 2.24) is 15.1 Å². The fourth-order valence-corrected chi connectivity index (χ4v) is 6.70. The molecule has 1 fully saturated rings. The Morgan fingerprint density at radius 1 is 1.19 bits per heavy atom. The summed E-state index contributed by atoms with van der Waals surface area (Å²) in [7, 11) is -0.193. The molecule has 0 saturated carbocycles. The van der Waals surface area contributed by atoms with Crippen molar-refractivity contribution in [2.45, 2.75) is 11.7 Å². The second kappa shape index (κ2) is 8.72. The van der Waals surface area contributed by atoms with Gasteiger partial charge >= 0.3 is 0 Å². The van der Waals surface area contributed by atoms with E-state index < -0.39 is 15.1 Å². The van der Waals surface area contributed by atoms with E-state index in [1.807, 2.05) is 17.5 Å². The first-order valence-electron chi connectivity index (χ1n) is 9.75. The maximum Gasteiger partial charge on any atom is 0.271 e. The second-order valence-corrected chi connectivity index (χ2v) is 10.5. The average molecular weight is 462 g/mol. The van der Waals surface area contributed by atoms with Crippen LogP contribution in [0.15, 0.2) is 41.8 Å². The van der Waals surface area contributed by atoms with Crippen molar-refractivity contribution in [2.24, 2.45) is 0 Å². The van der Waals surface area contributed by atoms with E-state index >= 15 is 0 Å². The Hall–Kier alpha value is -2.85. The van der Waals surface area contributed by atoms with Crippen LogP contribution in [0.1, 0.15) is 27.0 Å². The van der Waals surface area contributed by atoms with Gasteiger partial charge < -0.3 is 14.4 Å². The van der Waals surface area contributed by atoms with Crippen molar-refractivity contribution < 1.29 is 22.7 Å². The van der Waals surface area contributed by atoms with Crippen LogP contribution in [0.5, 0.6) is 11.5 Å². The zero-order valence-corrected chi connectivity index (χ0v) is 18.8. The van der Waals surface area contributed by atoms with Crippen LogP contribution in [-0.4, -0.2) is 62.5 Å². The van der Waals surface area contributed by atoms with Gasteiger partial charge in [-0.1, -0.05) is 6.07 Å². The SMILES string of the molecule is COc1ccc(OC)c(-c2cc(C(=O)N3CCC(c4cccs4)S(=O)(=O)CC3)[nH]n2)c1. The number of nitrogens with one attached hydrogen (secondary N) is 1. The summed E-state index contributed by atoms with van der Waals surface area (Å²) in [5, 5.41) is 8.36. The number of nitrogens with zero attached hydrogens (tertiary/aromatic N) is 2. The van der Waals surface area contributed by atoms with Crippen LogP contribution in [-0.2, 0) is 9.84 Å². The standard InChI is InChI=1S/C21H23N3O5S2/c1-28-14-5-6-18(29-2)15(12-14)16-13-17(23-22-16)21(25)24-8-7-20(19-4-3-10-30-19)31(26,27)11-9-24/h3-6,10,12-13,20H,7-9,11H2,1-2H3,(H,22,23). The lowest BCUT2D eigenvalue weighted by molar-refractivity contribution is 0.0760. The number of thiophene rings is 1. The van der Waals surface area contributed by atoms with Crippen molar-refractivity contribution in [3.8, 4) is 22.8 Å². The Morgan fingerprint density at radius 3 is 2.74 bits per heavy atom. The second-order valence-electron chi connectivity index (χ2n) is 7.18. The summed E-state index contributed by atoms with van der Waals surface area (Å²) >= 11 is 1.43. The highest BCUT2D eigenvalue weighted by Crippen LogP contribution is 2.34. The highest BCUT2D eigenvalue weighted by molar-refractivity contribution is 7.91. The zero-order chi connectivity index (χ0) is 22.0. The van der Waals surface area contributed by atoms with Gasteiger partial charge in [-0.05, 0) is 42.1 Å². The van der Waals surface area contributed by atoms with Gasteiger partial charge in [-0.3, -0.25) is 9.89 Å². The molecule has 1 saturated heterocycles. The topological polar surface area (TPSA) is 102 Å². The first-order valence-corrected chi connectivity index (χ1v) is 12.3. The molecule has 0 aliphatic carbocycles. The summed E-state index contributed by atoms with van der Waals surface area (Å²) in [5.41, 5.74) is 1.53. The Balaban J connectivity index is 1.56. The van der Waals surface area contributed by atoms with Gasteiger partial charge in [0.25, 0.3) is 5.91 Å². The number of H-pyrrole nitrogens is 1. The minimum Gasteiger partial charge on any atom is -0.497 e. The third-order valence-electron chi connectivity index (χ3n) is 5.38. The molecule has 164 valence electrons. The number of sulfone groups is 1. The minimum atomic E-state index is -3.33. The van der Waals surface area contributed by atoms with Crippen molar-refractivity contribution in [2.75, 3.05) is 33.1 Å². The molecule has 1 N–H and O–H groups in total. The number of benzene rings is 1. The Bertz CT molecular complexity index is 1170. The van der Waals surface area contributed by atoms with Crippen molar-refractivity contribution >= 4 is 27.1 Å². The molecule has 0 bridgehead atoms. The van der Waals surface area contributed by atoms with Gasteiger partial charge in [-0.2, -0.15) is 5.10 Å². The summed E-state index contributed by atoms with van der Waals surface area (Å²) in [6.45, 7) is 0.511. The van der Waals surface area contributed by atoms with E-state index in [1.165, 1.54) is 11.3 Å². The summed E-state index contributed by atoms with van der Waals surface area (Å²) < 4.78 is 36.2. The summed E-state index contributed by atoms with van der Waals surface area (Å²) in [5.74, 6) is 0.907. The lowest BCUT2D eigenvalue weighted by atomic mass is 10.1. The molecule has 1 aromatic carbocycles. The molecule has 1 amide bonds. The summed E-state index contributed by atoms with van der Waals surface area (Å²) in [6, 6.07) is 10.7. The Morgan fingerprint density at radius 2 is 2.03 bits per heavy atom. The summed E-state index contributed by atoms with van der Waals surface area (Å²) in [4.78, 5) is 15.5. The van der Waals surface area contributed by atoms with Gasteiger partial charge in [-0.25, -0.2) is 8.42 Å². The molecular weight excluding hydrogens is 438 g/mol. The normalized spacial score (nSPS) is 18.4. The molecule has 1 aliphatic heterocycles. The van der Waals surface area contributed by atoms with E-state index in [-0.39, 0.29) is 18.2 Å². The van der Waals surface area contributed by atoms with Crippen LogP contribution in [0.3, 0.4) is 0 Å². The maximum absolute atomic E-state index is 13.1. The van der Waals surface area contributed by atoms with Crippen LogP contribution >= 0.6 is 11.3 Å². The number of carbonyl (C=O) groups is 1. The predicted octanol–water partition coefficient (Wildman–Crippen LogP) is 3.16. The third-order valence-corrected chi connectivity index (χ3v) is 8.62. The molecule has 4 rings (SSSR count). The van der Waals surface area contributed by atoms with E-state index in [4.69, 9.17) is 9.47 Å².